The Morgan fingerprint density at radius 2 is 2.40 bits per heavy atom. The lowest BCUT2D eigenvalue weighted by atomic mass is 9.97. The van der Waals surface area contributed by atoms with Crippen LogP contribution in [0.5, 0.6) is 0 Å². The summed E-state index contributed by atoms with van der Waals surface area (Å²) in [5.41, 5.74) is 1.98. The minimum atomic E-state index is 0.0404. The Balaban J connectivity index is 1.71. The normalized spacial score (nSPS) is 16.9. The van der Waals surface area contributed by atoms with Gasteiger partial charge in [-0.15, -0.1) is 11.3 Å². The summed E-state index contributed by atoms with van der Waals surface area (Å²) in [5, 5.41) is 6.28. The number of carbonyl (C=O) groups excluding carboxylic acids is 1. The van der Waals surface area contributed by atoms with Crippen LogP contribution in [0.15, 0.2) is 35.8 Å². The number of hydrogen-bond donors (Lipinski definition) is 1. The Morgan fingerprint density at radius 3 is 3.12 bits per heavy atom. The molecule has 6 heteroatoms. The van der Waals surface area contributed by atoms with Crippen molar-refractivity contribution in [3.63, 3.8) is 0 Å². The lowest BCUT2D eigenvalue weighted by Crippen LogP contribution is -2.33. The lowest BCUT2D eigenvalue weighted by Gasteiger charge is -2.22. The summed E-state index contributed by atoms with van der Waals surface area (Å²) in [5.74, 6) is 0.712. The van der Waals surface area contributed by atoms with Gasteiger partial charge in [-0.2, -0.15) is 0 Å². The third-order valence-electron chi connectivity index (χ3n) is 4.52. The van der Waals surface area contributed by atoms with Crippen LogP contribution in [0.1, 0.15) is 27.3 Å². The Labute approximate surface area is 153 Å². The molecule has 134 valence electrons. The standard InChI is InChI=1S/C19H25N3O2S/c1-24-9-8-22(14-18-21-7-10-25-18)19(23)17-4-2-3-15(12-17)11-16-5-6-20-13-16/h2-4,7,10,12,16,20H,5-6,8-9,11,13-14H2,1H3. The lowest BCUT2D eigenvalue weighted by molar-refractivity contribution is 0.0680. The molecule has 1 N–H and O–H groups in total. The third kappa shape index (κ3) is 5.11. The predicted molar refractivity (Wildman–Crippen MR) is 99.9 cm³/mol. The van der Waals surface area contributed by atoms with Crippen LogP contribution < -0.4 is 5.32 Å². The molecule has 1 aromatic carbocycles. The zero-order chi connectivity index (χ0) is 17.5. The van der Waals surface area contributed by atoms with E-state index in [-0.39, 0.29) is 5.91 Å². The van der Waals surface area contributed by atoms with Crippen molar-refractivity contribution in [1.82, 2.24) is 15.2 Å². The number of benzene rings is 1. The topological polar surface area (TPSA) is 54.5 Å². The molecule has 3 rings (SSSR count). The fraction of sp³-hybridized carbons (Fsp3) is 0.474. The number of rotatable bonds is 8. The molecule has 0 bridgehead atoms. The molecule has 25 heavy (non-hydrogen) atoms. The van der Waals surface area contributed by atoms with E-state index in [0.29, 0.717) is 25.6 Å². The SMILES string of the molecule is COCCN(Cc1nccs1)C(=O)c1cccc(CC2CCNC2)c1. The van der Waals surface area contributed by atoms with Crippen LogP contribution in [0, 0.1) is 5.92 Å². The number of amides is 1. The van der Waals surface area contributed by atoms with Gasteiger partial charge in [0.1, 0.15) is 5.01 Å². The Morgan fingerprint density at radius 1 is 1.48 bits per heavy atom. The van der Waals surface area contributed by atoms with Crippen LogP contribution in [-0.4, -0.2) is 49.1 Å². The number of carbonyl (C=O) groups is 1. The Kier molecular flexibility index (Phi) is 6.55. The number of thiazole rings is 1. The number of nitrogens with zero attached hydrogens (tertiary/aromatic N) is 2. The molecule has 1 unspecified atom stereocenters. The van der Waals surface area contributed by atoms with E-state index in [1.54, 1.807) is 24.6 Å². The van der Waals surface area contributed by atoms with Crippen molar-refractivity contribution < 1.29 is 9.53 Å². The number of methoxy groups -OCH3 is 1. The smallest absolute Gasteiger partial charge is 0.254 e. The van der Waals surface area contributed by atoms with Gasteiger partial charge in [0.25, 0.3) is 5.91 Å². The molecular weight excluding hydrogens is 334 g/mol. The quantitative estimate of drug-likeness (QED) is 0.787. The van der Waals surface area contributed by atoms with Crippen molar-refractivity contribution >= 4 is 17.2 Å². The summed E-state index contributed by atoms with van der Waals surface area (Å²) < 4.78 is 5.17. The highest BCUT2D eigenvalue weighted by molar-refractivity contribution is 7.09. The maximum Gasteiger partial charge on any atom is 0.254 e. The van der Waals surface area contributed by atoms with Gasteiger partial charge in [-0.1, -0.05) is 12.1 Å². The van der Waals surface area contributed by atoms with E-state index in [1.807, 2.05) is 28.5 Å². The molecule has 0 saturated carbocycles. The van der Waals surface area contributed by atoms with Crippen molar-refractivity contribution in [2.24, 2.45) is 5.92 Å². The van der Waals surface area contributed by atoms with Crippen molar-refractivity contribution in [2.75, 3.05) is 33.4 Å². The molecule has 1 saturated heterocycles. The Hall–Kier alpha value is -1.76. The van der Waals surface area contributed by atoms with Gasteiger partial charge in [0.2, 0.25) is 0 Å². The molecule has 5 nitrogen and oxygen atoms in total. The van der Waals surface area contributed by atoms with Gasteiger partial charge < -0.3 is 15.0 Å². The van der Waals surface area contributed by atoms with E-state index in [1.165, 1.54) is 12.0 Å². The van der Waals surface area contributed by atoms with Gasteiger partial charge in [-0.05, 0) is 49.5 Å². The van der Waals surface area contributed by atoms with E-state index in [4.69, 9.17) is 4.74 Å². The summed E-state index contributed by atoms with van der Waals surface area (Å²) >= 11 is 1.57. The zero-order valence-electron chi connectivity index (χ0n) is 14.6. The van der Waals surface area contributed by atoms with E-state index < -0.39 is 0 Å². The average molecular weight is 359 g/mol. The molecule has 1 aliphatic rings. The van der Waals surface area contributed by atoms with Gasteiger partial charge in [0, 0.05) is 30.8 Å². The molecule has 1 aromatic heterocycles. The maximum absolute atomic E-state index is 13.0. The van der Waals surface area contributed by atoms with E-state index >= 15 is 0 Å². The largest absolute Gasteiger partial charge is 0.383 e. The molecule has 2 aromatic rings. The first-order valence-electron chi connectivity index (χ1n) is 8.72. The summed E-state index contributed by atoms with van der Waals surface area (Å²) in [7, 11) is 1.66. The zero-order valence-corrected chi connectivity index (χ0v) is 15.4. The highest BCUT2D eigenvalue weighted by Crippen LogP contribution is 2.18. The van der Waals surface area contributed by atoms with Gasteiger partial charge in [0.05, 0.1) is 13.2 Å². The number of aromatic nitrogens is 1. The molecule has 0 spiro atoms. The summed E-state index contributed by atoms with van der Waals surface area (Å²) in [6.45, 7) is 3.77. The molecule has 1 atom stereocenters. The van der Waals surface area contributed by atoms with Crippen LogP contribution in [-0.2, 0) is 17.7 Å². The van der Waals surface area contributed by atoms with Crippen molar-refractivity contribution in [3.05, 3.63) is 52.0 Å². The molecular formula is C19H25N3O2S. The average Bonchev–Trinajstić information content (AvgIpc) is 3.32. The second-order valence-electron chi connectivity index (χ2n) is 6.41. The number of hydrogen-bond acceptors (Lipinski definition) is 5. The van der Waals surface area contributed by atoms with Crippen LogP contribution >= 0.6 is 11.3 Å². The van der Waals surface area contributed by atoms with Crippen LogP contribution in [0.3, 0.4) is 0 Å². The minimum absolute atomic E-state index is 0.0404. The monoisotopic (exact) mass is 359 g/mol. The molecule has 1 amide bonds. The van der Waals surface area contributed by atoms with Gasteiger partial charge in [0.15, 0.2) is 0 Å². The van der Waals surface area contributed by atoms with Crippen LogP contribution in [0.2, 0.25) is 0 Å². The van der Waals surface area contributed by atoms with Gasteiger partial charge in [-0.25, -0.2) is 4.98 Å². The first kappa shape index (κ1) is 18.0. The van der Waals surface area contributed by atoms with Crippen molar-refractivity contribution in [2.45, 2.75) is 19.4 Å². The van der Waals surface area contributed by atoms with E-state index in [9.17, 15) is 4.79 Å². The molecule has 2 heterocycles. The fourth-order valence-electron chi connectivity index (χ4n) is 3.18. The second kappa shape index (κ2) is 9.08. The maximum atomic E-state index is 13.0. The number of ether oxygens (including phenoxy) is 1. The molecule has 1 fully saturated rings. The second-order valence-corrected chi connectivity index (χ2v) is 7.39. The predicted octanol–water partition coefficient (Wildman–Crippen LogP) is 2.58. The first-order valence-corrected chi connectivity index (χ1v) is 9.60. The van der Waals surface area contributed by atoms with Crippen LogP contribution in [0.4, 0.5) is 0 Å². The summed E-state index contributed by atoms with van der Waals surface area (Å²) in [6.07, 6.45) is 4.01. The highest BCUT2D eigenvalue weighted by Gasteiger charge is 2.19. The number of nitrogens with one attached hydrogen (secondary N) is 1. The Bertz CT molecular complexity index is 669. The van der Waals surface area contributed by atoms with Crippen molar-refractivity contribution in [3.8, 4) is 0 Å². The van der Waals surface area contributed by atoms with E-state index in [2.05, 4.69) is 16.4 Å². The molecule has 0 aliphatic carbocycles. The van der Waals surface area contributed by atoms with E-state index in [0.717, 1.165) is 30.1 Å². The molecule has 0 radical (unpaired) electrons. The minimum Gasteiger partial charge on any atom is -0.383 e. The molecule has 1 aliphatic heterocycles. The summed E-state index contributed by atoms with van der Waals surface area (Å²) in [6, 6.07) is 8.06. The fourth-order valence-corrected chi connectivity index (χ4v) is 3.82. The van der Waals surface area contributed by atoms with Gasteiger partial charge in [-0.3, -0.25) is 4.79 Å². The van der Waals surface area contributed by atoms with Gasteiger partial charge >= 0.3 is 0 Å². The first-order chi connectivity index (χ1) is 12.3. The third-order valence-corrected chi connectivity index (χ3v) is 5.29. The van der Waals surface area contributed by atoms with Crippen molar-refractivity contribution in [1.29, 1.82) is 0 Å². The highest BCUT2D eigenvalue weighted by atomic mass is 32.1. The summed E-state index contributed by atoms with van der Waals surface area (Å²) in [4.78, 5) is 19.1. The van der Waals surface area contributed by atoms with Crippen LogP contribution in [0.25, 0.3) is 0 Å².